The van der Waals surface area contributed by atoms with Crippen molar-refractivity contribution in [3.05, 3.63) is 29.3 Å². The number of nitrogens with two attached hydrogens (primary N) is 1. The summed E-state index contributed by atoms with van der Waals surface area (Å²) in [6, 6.07) is 6.37. The molecule has 20 heavy (non-hydrogen) atoms. The van der Waals surface area contributed by atoms with Crippen LogP contribution in [0.4, 0.5) is 0 Å². The first-order valence-electron chi connectivity index (χ1n) is 7.26. The number of rotatable bonds is 8. The molecule has 3 N–H and O–H groups in total. The Hall–Kier alpha value is -1.55. The fraction of sp³-hybridized carbons (Fsp3) is 0.562. The summed E-state index contributed by atoms with van der Waals surface area (Å²) in [7, 11) is 0. The van der Waals surface area contributed by atoms with E-state index in [0.717, 1.165) is 25.0 Å². The SMILES string of the molecule is Cc1cc(OCCCCCC(=O)NN)cc(C(C)C)c1. The van der Waals surface area contributed by atoms with Crippen LogP contribution in [0.2, 0.25) is 0 Å². The topological polar surface area (TPSA) is 64.3 Å². The molecule has 0 aliphatic rings. The Balaban J connectivity index is 2.30. The van der Waals surface area contributed by atoms with Crippen molar-refractivity contribution in [3.8, 4) is 5.75 Å². The van der Waals surface area contributed by atoms with Crippen molar-refractivity contribution in [1.29, 1.82) is 0 Å². The maximum Gasteiger partial charge on any atom is 0.233 e. The maximum atomic E-state index is 10.9. The molecule has 0 heterocycles. The number of carbonyl (C=O) groups is 1. The first-order valence-corrected chi connectivity index (χ1v) is 7.26. The number of hydrazine groups is 1. The minimum absolute atomic E-state index is 0.105. The quantitative estimate of drug-likeness (QED) is 0.332. The lowest BCUT2D eigenvalue weighted by molar-refractivity contribution is -0.121. The van der Waals surface area contributed by atoms with Crippen LogP contribution in [0.5, 0.6) is 5.75 Å². The second kappa shape index (κ2) is 8.59. The van der Waals surface area contributed by atoms with Gasteiger partial charge in [-0.2, -0.15) is 0 Å². The van der Waals surface area contributed by atoms with E-state index in [1.165, 1.54) is 11.1 Å². The van der Waals surface area contributed by atoms with E-state index in [-0.39, 0.29) is 5.91 Å². The first-order chi connectivity index (χ1) is 9.52. The van der Waals surface area contributed by atoms with Crippen LogP contribution in [0.15, 0.2) is 18.2 Å². The van der Waals surface area contributed by atoms with Gasteiger partial charge in [0.05, 0.1) is 6.61 Å². The predicted molar refractivity (Wildman–Crippen MR) is 81.6 cm³/mol. The average Bonchev–Trinajstić information content (AvgIpc) is 2.41. The number of carbonyl (C=O) groups excluding carboxylic acids is 1. The molecule has 0 unspecified atom stereocenters. The zero-order chi connectivity index (χ0) is 15.0. The summed E-state index contributed by atoms with van der Waals surface area (Å²) in [5.41, 5.74) is 4.67. The molecule has 0 saturated carbocycles. The van der Waals surface area contributed by atoms with Gasteiger partial charge in [0.15, 0.2) is 0 Å². The van der Waals surface area contributed by atoms with Gasteiger partial charge in [0, 0.05) is 6.42 Å². The number of amides is 1. The summed E-state index contributed by atoms with van der Waals surface area (Å²) in [6.45, 7) is 7.14. The molecule has 0 bridgehead atoms. The number of hydrogen-bond donors (Lipinski definition) is 2. The van der Waals surface area contributed by atoms with Crippen LogP contribution in [0.1, 0.15) is 56.6 Å². The number of nitrogens with one attached hydrogen (secondary N) is 1. The maximum absolute atomic E-state index is 10.9. The molecule has 112 valence electrons. The Morgan fingerprint density at radius 2 is 2.00 bits per heavy atom. The van der Waals surface area contributed by atoms with Gasteiger partial charge in [0.2, 0.25) is 5.91 Å². The normalized spacial score (nSPS) is 10.7. The Morgan fingerprint density at radius 1 is 1.25 bits per heavy atom. The van der Waals surface area contributed by atoms with Gasteiger partial charge < -0.3 is 4.74 Å². The highest BCUT2D eigenvalue weighted by Gasteiger charge is 2.03. The lowest BCUT2D eigenvalue weighted by Crippen LogP contribution is -2.29. The summed E-state index contributed by atoms with van der Waals surface area (Å²) < 4.78 is 5.79. The van der Waals surface area contributed by atoms with E-state index < -0.39 is 0 Å². The molecule has 4 nitrogen and oxygen atoms in total. The summed E-state index contributed by atoms with van der Waals surface area (Å²) >= 11 is 0. The third kappa shape index (κ3) is 6.06. The van der Waals surface area contributed by atoms with Gasteiger partial charge in [0.1, 0.15) is 5.75 Å². The number of aryl methyl sites for hydroxylation is 1. The highest BCUT2D eigenvalue weighted by atomic mass is 16.5. The first kappa shape index (κ1) is 16.5. The van der Waals surface area contributed by atoms with E-state index in [1.54, 1.807) is 0 Å². The van der Waals surface area contributed by atoms with Crippen molar-refractivity contribution in [2.45, 2.75) is 52.4 Å². The molecule has 0 aliphatic heterocycles. The van der Waals surface area contributed by atoms with Crippen molar-refractivity contribution < 1.29 is 9.53 Å². The Bertz CT molecular complexity index is 430. The summed E-state index contributed by atoms with van der Waals surface area (Å²) in [5, 5.41) is 0. The van der Waals surface area contributed by atoms with Crippen molar-refractivity contribution in [1.82, 2.24) is 5.43 Å². The van der Waals surface area contributed by atoms with Crippen LogP contribution in [0.25, 0.3) is 0 Å². The van der Waals surface area contributed by atoms with Gasteiger partial charge in [-0.05, 0) is 55.4 Å². The number of unbranched alkanes of at least 4 members (excludes halogenated alkanes) is 2. The Kier molecular flexibility index (Phi) is 7.09. The van der Waals surface area contributed by atoms with Gasteiger partial charge in [-0.25, -0.2) is 5.84 Å². The highest BCUT2D eigenvalue weighted by molar-refractivity contribution is 5.75. The highest BCUT2D eigenvalue weighted by Crippen LogP contribution is 2.23. The van der Waals surface area contributed by atoms with Gasteiger partial charge in [-0.1, -0.05) is 19.9 Å². The molecular formula is C16H26N2O2. The standard InChI is InChI=1S/C16H26N2O2/c1-12(2)14-9-13(3)10-15(11-14)20-8-6-4-5-7-16(19)18-17/h9-12H,4-8,17H2,1-3H3,(H,18,19). The fourth-order valence-corrected chi connectivity index (χ4v) is 2.02. The van der Waals surface area contributed by atoms with E-state index in [4.69, 9.17) is 10.6 Å². The van der Waals surface area contributed by atoms with Gasteiger partial charge in [-0.15, -0.1) is 0 Å². The van der Waals surface area contributed by atoms with Crippen molar-refractivity contribution in [3.63, 3.8) is 0 Å². The molecule has 0 atom stereocenters. The lowest BCUT2D eigenvalue weighted by Gasteiger charge is -2.11. The minimum Gasteiger partial charge on any atom is -0.494 e. The van der Waals surface area contributed by atoms with Crippen LogP contribution in [0, 0.1) is 6.92 Å². The molecule has 0 spiro atoms. The van der Waals surface area contributed by atoms with E-state index in [9.17, 15) is 4.79 Å². The van der Waals surface area contributed by atoms with Crippen molar-refractivity contribution in [2.75, 3.05) is 6.61 Å². The van der Waals surface area contributed by atoms with Gasteiger partial charge in [-0.3, -0.25) is 10.2 Å². The Labute approximate surface area is 121 Å². The second-order valence-corrected chi connectivity index (χ2v) is 5.46. The van der Waals surface area contributed by atoms with Gasteiger partial charge in [0.25, 0.3) is 0 Å². The lowest BCUT2D eigenvalue weighted by atomic mass is 10.0. The minimum atomic E-state index is -0.105. The van der Waals surface area contributed by atoms with E-state index in [1.807, 2.05) is 0 Å². The van der Waals surface area contributed by atoms with E-state index in [2.05, 4.69) is 44.4 Å². The predicted octanol–water partition coefficient (Wildman–Crippen LogP) is 3.05. The summed E-state index contributed by atoms with van der Waals surface area (Å²) in [4.78, 5) is 10.9. The third-order valence-electron chi connectivity index (χ3n) is 3.22. The largest absolute Gasteiger partial charge is 0.494 e. The molecule has 1 rings (SSSR count). The summed E-state index contributed by atoms with van der Waals surface area (Å²) in [6.07, 6.45) is 3.25. The number of ether oxygens (including phenoxy) is 1. The fourth-order valence-electron chi connectivity index (χ4n) is 2.02. The van der Waals surface area contributed by atoms with Crippen molar-refractivity contribution >= 4 is 5.91 Å². The van der Waals surface area contributed by atoms with Crippen LogP contribution in [-0.2, 0) is 4.79 Å². The number of hydrogen-bond acceptors (Lipinski definition) is 3. The molecule has 0 aromatic heterocycles. The molecule has 4 heteroatoms. The summed E-state index contributed by atoms with van der Waals surface area (Å²) in [5.74, 6) is 6.36. The number of benzene rings is 1. The molecule has 0 saturated heterocycles. The molecule has 0 fully saturated rings. The van der Waals surface area contributed by atoms with Crippen LogP contribution in [-0.4, -0.2) is 12.5 Å². The van der Waals surface area contributed by atoms with Crippen LogP contribution < -0.4 is 16.0 Å². The smallest absolute Gasteiger partial charge is 0.233 e. The van der Waals surface area contributed by atoms with Crippen LogP contribution >= 0.6 is 0 Å². The monoisotopic (exact) mass is 278 g/mol. The molecule has 1 amide bonds. The zero-order valence-corrected chi connectivity index (χ0v) is 12.7. The third-order valence-corrected chi connectivity index (χ3v) is 3.22. The Morgan fingerprint density at radius 3 is 2.65 bits per heavy atom. The molecular weight excluding hydrogens is 252 g/mol. The van der Waals surface area contributed by atoms with Gasteiger partial charge >= 0.3 is 0 Å². The molecule has 1 aromatic rings. The van der Waals surface area contributed by atoms with Crippen LogP contribution in [0.3, 0.4) is 0 Å². The molecule has 0 radical (unpaired) electrons. The molecule has 1 aromatic carbocycles. The van der Waals surface area contributed by atoms with Crippen molar-refractivity contribution in [2.24, 2.45) is 5.84 Å². The average molecular weight is 278 g/mol. The second-order valence-electron chi connectivity index (χ2n) is 5.46. The van der Waals surface area contributed by atoms with E-state index in [0.29, 0.717) is 18.9 Å². The molecule has 0 aliphatic carbocycles. The zero-order valence-electron chi connectivity index (χ0n) is 12.7. The van der Waals surface area contributed by atoms with E-state index >= 15 is 0 Å².